The van der Waals surface area contributed by atoms with Crippen LogP contribution in [0.25, 0.3) is 0 Å². The summed E-state index contributed by atoms with van der Waals surface area (Å²) in [7, 11) is -2.12. The van der Waals surface area contributed by atoms with E-state index < -0.39 is 10.0 Å². The number of nitrogens with zero attached hydrogens (tertiary/aromatic N) is 1. The lowest BCUT2D eigenvalue weighted by molar-refractivity contribution is 0.597. The highest BCUT2D eigenvalue weighted by molar-refractivity contribution is 7.89. The molecule has 2 rings (SSSR count). The summed E-state index contributed by atoms with van der Waals surface area (Å²) >= 11 is 0. The Hall–Kier alpha value is -2.45. The first-order valence-electron chi connectivity index (χ1n) is 8.05. The topological polar surface area (TPSA) is 96.6 Å². The number of nitrogens with one attached hydrogen (secondary N) is 2. The summed E-state index contributed by atoms with van der Waals surface area (Å²) < 4.78 is 36.6. The first-order chi connectivity index (χ1) is 12.2. The van der Waals surface area contributed by atoms with Crippen LogP contribution in [0.5, 0.6) is 0 Å². The summed E-state index contributed by atoms with van der Waals surface area (Å²) in [5.74, 6) is 0.262. The number of aliphatic imine (C=N–C) groups is 1. The maximum absolute atomic E-state index is 13.7. The van der Waals surface area contributed by atoms with E-state index in [9.17, 15) is 12.8 Å². The van der Waals surface area contributed by atoms with E-state index in [0.717, 1.165) is 11.1 Å². The van der Waals surface area contributed by atoms with Crippen LogP contribution < -0.4 is 15.8 Å². The molecule has 0 aliphatic heterocycles. The highest BCUT2D eigenvalue weighted by Crippen LogP contribution is 2.16. The number of hydrogen-bond donors (Lipinski definition) is 3. The molecule has 0 saturated carbocycles. The maximum atomic E-state index is 13.7. The second-order valence-corrected chi connectivity index (χ2v) is 7.55. The molecule has 2 aromatic carbocycles. The lowest BCUT2D eigenvalue weighted by Gasteiger charge is -2.19. The van der Waals surface area contributed by atoms with E-state index in [1.165, 1.54) is 18.2 Å². The van der Waals surface area contributed by atoms with Gasteiger partial charge in [-0.05, 0) is 48.7 Å². The van der Waals surface area contributed by atoms with Gasteiger partial charge in [0, 0.05) is 13.6 Å². The number of hydrogen-bond acceptors (Lipinski definition) is 3. The van der Waals surface area contributed by atoms with Crippen molar-refractivity contribution in [3.8, 4) is 0 Å². The normalized spacial score (nSPS) is 13.3. The summed E-state index contributed by atoms with van der Waals surface area (Å²) in [4.78, 5) is 4.20. The summed E-state index contributed by atoms with van der Waals surface area (Å²) in [6.45, 7) is 3.98. The van der Waals surface area contributed by atoms with E-state index in [-0.39, 0.29) is 16.8 Å². The zero-order valence-corrected chi connectivity index (χ0v) is 15.8. The number of benzene rings is 2. The van der Waals surface area contributed by atoms with Gasteiger partial charge in [-0.3, -0.25) is 4.99 Å². The molecule has 2 aromatic rings. The van der Waals surface area contributed by atoms with Gasteiger partial charge in [-0.15, -0.1) is 0 Å². The molecule has 0 radical (unpaired) electrons. The van der Waals surface area contributed by atoms with Crippen LogP contribution >= 0.6 is 0 Å². The molecule has 0 heterocycles. The van der Waals surface area contributed by atoms with Gasteiger partial charge in [-0.25, -0.2) is 17.9 Å². The van der Waals surface area contributed by atoms with Gasteiger partial charge in [0.1, 0.15) is 5.82 Å². The van der Waals surface area contributed by atoms with Gasteiger partial charge in [-0.2, -0.15) is 0 Å². The van der Waals surface area contributed by atoms with E-state index in [1.807, 2.05) is 13.0 Å². The molecular weight excluding hydrogens is 355 g/mol. The monoisotopic (exact) mass is 378 g/mol. The Labute approximate surface area is 153 Å². The van der Waals surface area contributed by atoms with Crippen molar-refractivity contribution in [1.82, 2.24) is 10.6 Å². The highest BCUT2D eigenvalue weighted by Gasteiger charge is 2.11. The fourth-order valence-corrected chi connectivity index (χ4v) is 2.96. The summed E-state index contributed by atoms with van der Waals surface area (Å²) in [6.07, 6.45) is 0. The molecule has 0 amide bonds. The third-order valence-electron chi connectivity index (χ3n) is 3.96. The lowest BCUT2D eigenvalue weighted by atomic mass is 10.1. The van der Waals surface area contributed by atoms with E-state index in [0.29, 0.717) is 18.1 Å². The van der Waals surface area contributed by atoms with Crippen LogP contribution in [0.15, 0.2) is 52.4 Å². The first kappa shape index (κ1) is 19.9. The lowest BCUT2D eigenvalue weighted by Crippen LogP contribution is -2.38. The van der Waals surface area contributed by atoms with Gasteiger partial charge < -0.3 is 10.6 Å². The Kier molecular flexibility index (Phi) is 6.33. The van der Waals surface area contributed by atoms with Crippen molar-refractivity contribution < 1.29 is 12.8 Å². The van der Waals surface area contributed by atoms with Crippen LogP contribution in [0.2, 0.25) is 0 Å². The van der Waals surface area contributed by atoms with Crippen LogP contribution in [0.3, 0.4) is 0 Å². The molecule has 1 unspecified atom stereocenters. The van der Waals surface area contributed by atoms with Crippen LogP contribution in [0.4, 0.5) is 4.39 Å². The molecule has 0 fully saturated rings. The minimum absolute atomic E-state index is 0.0586. The molecule has 4 N–H and O–H groups in total. The molecule has 8 heteroatoms. The summed E-state index contributed by atoms with van der Waals surface area (Å²) in [5.41, 5.74) is 2.14. The van der Waals surface area contributed by atoms with Gasteiger partial charge >= 0.3 is 0 Å². The van der Waals surface area contributed by atoms with Crippen LogP contribution in [0.1, 0.15) is 29.7 Å². The number of nitrogens with two attached hydrogens (primary N) is 1. The Morgan fingerprint density at radius 2 is 2.00 bits per heavy atom. The number of guanidine groups is 1. The van der Waals surface area contributed by atoms with Crippen molar-refractivity contribution in [2.75, 3.05) is 7.05 Å². The molecule has 0 aliphatic rings. The third kappa shape index (κ3) is 5.27. The van der Waals surface area contributed by atoms with E-state index in [4.69, 9.17) is 5.14 Å². The Bertz CT molecular complexity index is 913. The first-order valence-corrected chi connectivity index (χ1v) is 9.60. The van der Waals surface area contributed by atoms with Gasteiger partial charge in [0.05, 0.1) is 10.9 Å². The van der Waals surface area contributed by atoms with Crippen molar-refractivity contribution in [2.24, 2.45) is 10.1 Å². The molecule has 0 saturated heterocycles. The highest BCUT2D eigenvalue weighted by atomic mass is 32.2. The number of rotatable bonds is 5. The Balaban J connectivity index is 2.03. The van der Waals surface area contributed by atoms with Gasteiger partial charge in [0.2, 0.25) is 10.0 Å². The fraction of sp³-hybridized carbons (Fsp3) is 0.278. The van der Waals surface area contributed by atoms with Crippen molar-refractivity contribution >= 4 is 16.0 Å². The van der Waals surface area contributed by atoms with E-state index >= 15 is 0 Å². The van der Waals surface area contributed by atoms with Gasteiger partial charge in [0.15, 0.2) is 5.96 Å². The number of primary sulfonamides is 1. The molecule has 0 aromatic heterocycles. The summed E-state index contributed by atoms with van der Waals surface area (Å²) in [6, 6.07) is 11.3. The molecular formula is C18H23FN4O2S. The van der Waals surface area contributed by atoms with Crippen molar-refractivity contribution in [2.45, 2.75) is 31.3 Å². The zero-order chi connectivity index (χ0) is 19.3. The van der Waals surface area contributed by atoms with Crippen LogP contribution in [-0.2, 0) is 16.6 Å². The van der Waals surface area contributed by atoms with Gasteiger partial charge in [-0.1, -0.05) is 24.3 Å². The molecule has 1 atom stereocenters. The minimum atomic E-state index is -3.74. The predicted octanol–water partition coefficient (Wildman–Crippen LogP) is 2.21. The predicted molar refractivity (Wildman–Crippen MR) is 101 cm³/mol. The fourth-order valence-electron chi connectivity index (χ4n) is 2.38. The SMILES string of the molecule is CN=C(NCc1cccc(S(N)(=O)=O)c1)NC(C)c1ccc(C)c(F)c1. The van der Waals surface area contributed by atoms with Crippen LogP contribution in [0, 0.1) is 12.7 Å². The van der Waals surface area contributed by atoms with Crippen molar-refractivity contribution in [3.05, 3.63) is 65.0 Å². The van der Waals surface area contributed by atoms with Crippen molar-refractivity contribution in [3.63, 3.8) is 0 Å². The molecule has 6 nitrogen and oxygen atoms in total. The smallest absolute Gasteiger partial charge is 0.238 e. The van der Waals surface area contributed by atoms with Gasteiger partial charge in [0.25, 0.3) is 0 Å². The zero-order valence-electron chi connectivity index (χ0n) is 15.0. The molecule has 0 bridgehead atoms. The summed E-state index contributed by atoms with van der Waals surface area (Å²) in [5, 5.41) is 11.4. The second kappa shape index (κ2) is 8.29. The third-order valence-corrected chi connectivity index (χ3v) is 4.87. The average molecular weight is 378 g/mol. The maximum Gasteiger partial charge on any atom is 0.238 e. The second-order valence-electron chi connectivity index (χ2n) is 5.99. The van der Waals surface area contributed by atoms with E-state index in [2.05, 4.69) is 15.6 Å². The number of sulfonamides is 1. The van der Waals surface area contributed by atoms with Crippen LogP contribution in [-0.4, -0.2) is 21.4 Å². The minimum Gasteiger partial charge on any atom is -0.352 e. The molecule has 140 valence electrons. The average Bonchev–Trinajstić information content (AvgIpc) is 2.60. The largest absolute Gasteiger partial charge is 0.352 e. The number of halogens is 1. The quantitative estimate of drug-likeness (QED) is 0.549. The molecule has 0 aliphatic carbocycles. The standard InChI is InChI=1S/C18H23FN4O2S/c1-12-7-8-15(10-17(12)19)13(2)23-18(21-3)22-11-14-5-4-6-16(9-14)26(20,24)25/h4-10,13H,11H2,1-3H3,(H2,20,24,25)(H2,21,22,23). The number of aryl methyl sites for hydroxylation is 1. The Morgan fingerprint density at radius 3 is 2.62 bits per heavy atom. The van der Waals surface area contributed by atoms with E-state index in [1.54, 1.807) is 32.2 Å². The molecule has 26 heavy (non-hydrogen) atoms. The Morgan fingerprint density at radius 1 is 1.27 bits per heavy atom. The molecule has 0 spiro atoms. The van der Waals surface area contributed by atoms with Crippen molar-refractivity contribution in [1.29, 1.82) is 0 Å².